The van der Waals surface area contributed by atoms with Crippen molar-refractivity contribution in [1.29, 1.82) is 0 Å². The molecule has 0 unspecified atom stereocenters. The molecule has 2 heterocycles. The second kappa shape index (κ2) is 10.3. The van der Waals surface area contributed by atoms with Gasteiger partial charge in [0.15, 0.2) is 0 Å². The predicted molar refractivity (Wildman–Crippen MR) is 144 cm³/mol. The van der Waals surface area contributed by atoms with Crippen molar-refractivity contribution in [3.8, 4) is 22.8 Å². The monoisotopic (exact) mass is 481 g/mol. The normalized spacial score (nSPS) is 13.6. The number of nitrogens with zero attached hydrogens (tertiary/aromatic N) is 3. The summed E-state index contributed by atoms with van der Waals surface area (Å²) in [6, 6.07) is 23.9. The average Bonchev–Trinajstić information content (AvgIpc) is 2.93. The first-order chi connectivity index (χ1) is 17.6. The standard InChI is InChI=1S/C30H31N3O3/c1-4-36-29-11-6-5-10-28(29)32-14-16-33(17-15-32)30(34)25-20-27(22-8-7-9-23(19-22)35-3)31-26-13-12-21(2)18-24(25)26/h5-13,18-20H,4,14-17H2,1-3H3. The Morgan fingerprint density at radius 2 is 1.75 bits per heavy atom. The Kier molecular flexibility index (Phi) is 6.76. The van der Waals surface area contributed by atoms with Crippen molar-refractivity contribution < 1.29 is 14.3 Å². The molecule has 1 aliphatic heterocycles. The highest BCUT2D eigenvalue weighted by Crippen LogP contribution is 2.31. The molecule has 184 valence electrons. The third kappa shape index (κ3) is 4.71. The Hall–Kier alpha value is -4.06. The van der Waals surface area contributed by atoms with Crippen molar-refractivity contribution in [2.45, 2.75) is 13.8 Å². The summed E-state index contributed by atoms with van der Waals surface area (Å²) in [5.41, 5.74) is 5.36. The van der Waals surface area contributed by atoms with Crippen LogP contribution in [-0.2, 0) is 0 Å². The highest BCUT2D eigenvalue weighted by atomic mass is 16.5. The molecule has 6 heteroatoms. The van der Waals surface area contributed by atoms with E-state index in [1.165, 1.54) is 0 Å². The van der Waals surface area contributed by atoms with Gasteiger partial charge in [-0.3, -0.25) is 4.79 Å². The summed E-state index contributed by atoms with van der Waals surface area (Å²) in [5.74, 6) is 1.68. The zero-order chi connectivity index (χ0) is 25.1. The van der Waals surface area contributed by atoms with Gasteiger partial charge in [0.25, 0.3) is 5.91 Å². The molecule has 1 amide bonds. The summed E-state index contributed by atoms with van der Waals surface area (Å²) in [6.45, 7) is 7.44. The third-order valence-corrected chi connectivity index (χ3v) is 6.63. The minimum absolute atomic E-state index is 0.0369. The number of hydrogen-bond acceptors (Lipinski definition) is 5. The molecule has 0 N–H and O–H groups in total. The van der Waals surface area contributed by atoms with Gasteiger partial charge in [-0.25, -0.2) is 4.98 Å². The number of benzene rings is 3. The van der Waals surface area contributed by atoms with Crippen LogP contribution >= 0.6 is 0 Å². The summed E-state index contributed by atoms with van der Waals surface area (Å²) < 4.78 is 11.2. The zero-order valence-electron chi connectivity index (χ0n) is 21.0. The Bertz CT molecular complexity index is 1390. The van der Waals surface area contributed by atoms with E-state index < -0.39 is 0 Å². The van der Waals surface area contributed by atoms with Crippen LogP contribution in [-0.4, -0.2) is 55.7 Å². The summed E-state index contributed by atoms with van der Waals surface area (Å²) in [5, 5.41) is 0.885. The van der Waals surface area contributed by atoms with Crippen LogP contribution < -0.4 is 14.4 Å². The van der Waals surface area contributed by atoms with Crippen LogP contribution in [0.5, 0.6) is 11.5 Å². The number of hydrogen-bond donors (Lipinski definition) is 0. The number of carbonyl (C=O) groups is 1. The van der Waals surface area contributed by atoms with Crippen LogP contribution in [0.4, 0.5) is 5.69 Å². The summed E-state index contributed by atoms with van der Waals surface area (Å²) in [7, 11) is 1.65. The quantitative estimate of drug-likeness (QED) is 0.360. The number of rotatable bonds is 6. The van der Waals surface area contributed by atoms with E-state index in [-0.39, 0.29) is 5.91 Å². The van der Waals surface area contributed by atoms with E-state index in [1.807, 2.05) is 79.4 Å². The molecule has 0 saturated carbocycles. The molecule has 0 atom stereocenters. The predicted octanol–water partition coefficient (Wildman–Crippen LogP) is 5.58. The third-order valence-electron chi connectivity index (χ3n) is 6.63. The number of methoxy groups -OCH3 is 1. The smallest absolute Gasteiger partial charge is 0.254 e. The zero-order valence-corrected chi connectivity index (χ0v) is 21.0. The molecule has 4 aromatic rings. The number of anilines is 1. The minimum atomic E-state index is 0.0369. The fraction of sp³-hybridized carbons (Fsp3) is 0.267. The molecule has 1 fully saturated rings. The lowest BCUT2D eigenvalue weighted by atomic mass is 10.0. The maximum absolute atomic E-state index is 13.9. The van der Waals surface area contributed by atoms with E-state index >= 15 is 0 Å². The fourth-order valence-electron chi connectivity index (χ4n) is 4.76. The van der Waals surface area contributed by atoms with Crippen LogP contribution in [0.3, 0.4) is 0 Å². The van der Waals surface area contributed by atoms with Gasteiger partial charge in [0.1, 0.15) is 11.5 Å². The van der Waals surface area contributed by atoms with E-state index in [0.717, 1.165) is 58.0 Å². The van der Waals surface area contributed by atoms with Gasteiger partial charge in [0, 0.05) is 37.1 Å². The maximum atomic E-state index is 13.9. The second-order valence-corrected chi connectivity index (χ2v) is 8.99. The molecule has 0 radical (unpaired) electrons. The number of aryl methyl sites for hydroxylation is 1. The molecule has 6 nitrogen and oxygen atoms in total. The van der Waals surface area contributed by atoms with E-state index in [2.05, 4.69) is 17.0 Å². The van der Waals surface area contributed by atoms with Gasteiger partial charge in [-0.15, -0.1) is 0 Å². The van der Waals surface area contributed by atoms with Gasteiger partial charge >= 0.3 is 0 Å². The summed E-state index contributed by atoms with van der Waals surface area (Å²) >= 11 is 0. The Labute approximate surface area is 212 Å². The van der Waals surface area contributed by atoms with Crippen LogP contribution in [0.2, 0.25) is 0 Å². The Morgan fingerprint density at radius 3 is 2.53 bits per heavy atom. The van der Waals surface area contributed by atoms with Crippen molar-refractivity contribution in [2.75, 3.05) is 44.8 Å². The minimum Gasteiger partial charge on any atom is -0.497 e. The number of pyridine rings is 1. The van der Waals surface area contributed by atoms with Crippen molar-refractivity contribution >= 4 is 22.5 Å². The lowest BCUT2D eigenvalue weighted by molar-refractivity contribution is 0.0748. The van der Waals surface area contributed by atoms with Gasteiger partial charge in [-0.05, 0) is 56.3 Å². The lowest BCUT2D eigenvalue weighted by Crippen LogP contribution is -2.49. The molecule has 0 aliphatic carbocycles. The number of aromatic nitrogens is 1. The Balaban J connectivity index is 1.45. The number of ether oxygens (including phenoxy) is 2. The topological polar surface area (TPSA) is 54.9 Å². The van der Waals surface area contributed by atoms with Crippen LogP contribution in [0.1, 0.15) is 22.8 Å². The van der Waals surface area contributed by atoms with Gasteiger partial charge in [0.2, 0.25) is 0 Å². The molecule has 0 bridgehead atoms. The summed E-state index contributed by atoms with van der Waals surface area (Å²) in [6.07, 6.45) is 0. The lowest BCUT2D eigenvalue weighted by Gasteiger charge is -2.37. The van der Waals surface area contributed by atoms with E-state index in [9.17, 15) is 4.79 Å². The van der Waals surface area contributed by atoms with Crippen LogP contribution in [0.25, 0.3) is 22.2 Å². The molecule has 1 aromatic heterocycles. The first-order valence-corrected chi connectivity index (χ1v) is 12.4. The maximum Gasteiger partial charge on any atom is 0.254 e. The number of piperazine rings is 1. The number of para-hydroxylation sites is 2. The molecule has 1 saturated heterocycles. The molecule has 1 aliphatic rings. The van der Waals surface area contributed by atoms with Crippen molar-refractivity contribution in [2.24, 2.45) is 0 Å². The summed E-state index contributed by atoms with van der Waals surface area (Å²) in [4.78, 5) is 23.0. The largest absolute Gasteiger partial charge is 0.497 e. The van der Waals surface area contributed by atoms with Crippen molar-refractivity contribution in [3.05, 3.63) is 83.9 Å². The molecular weight excluding hydrogens is 450 g/mol. The first-order valence-electron chi connectivity index (χ1n) is 12.4. The van der Waals surface area contributed by atoms with Crippen molar-refractivity contribution in [3.63, 3.8) is 0 Å². The van der Waals surface area contributed by atoms with Gasteiger partial charge < -0.3 is 19.3 Å². The number of fused-ring (bicyclic) bond motifs is 1. The molecule has 36 heavy (non-hydrogen) atoms. The van der Waals surface area contributed by atoms with Crippen LogP contribution in [0.15, 0.2) is 72.8 Å². The molecule has 5 rings (SSSR count). The Morgan fingerprint density at radius 1 is 0.944 bits per heavy atom. The highest BCUT2D eigenvalue weighted by Gasteiger charge is 2.26. The molecule has 0 spiro atoms. The first kappa shape index (κ1) is 23.7. The van der Waals surface area contributed by atoms with Gasteiger partial charge in [0.05, 0.1) is 36.2 Å². The van der Waals surface area contributed by atoms with E-state index in [0.29, 0.717) is 25.3 Å². The number of carbonyl (C=O) groups excluding carboxylic acids is 1. The van der Waals surface area contributed by atoms with Gasteiger partial charge in [-0.2, -0.15) is 0 Å². The fourth-order valence-corrected chi connectivity index (χ4v) is 4.76. The SMILES string of the molecule is CCOc1ccccc1N1CCN(C(=O)c2cc(-c3cccc(OC)c3)nc3ccc(C)cc23)CC1. The molecular formula is C30H31N3O3. The van der Waals surface area contributed by atoms with Crippen LogP contribution in [0, 0.1) is 6.92 Å². The van der Waals surface area contributed by atoms with E-state index in [1.54, 1.807) is 7.11 Å². The van der Waals surface area contributed by atoms with Crippen molar-refractivity contribution in [1.82, 2.24) is 9.88 Å². The second-order valence-electron chi connectivity index (χ2n) is 8.99. The average molecular weight is 482 g/mol. The molecule has 3 aromatic carbocycles. The number of amides is 1. The van der Waals surface area contributed by atoms with E-state index in [4.69, 9.17) is 14.5 Å². The van der Waals surface area contributed by atoms with Gasteiger partial charge in [-0.1, -0.05) is 35.9 Å². The highest BCUT2D eigenvalue weighted by molar-refractivity contribution is 6.07.